The van der Waals surface area contributed by atoms with Crippen molar-refractivity contribution in [2.24, 2.45) is 0 Å². The molecule has 0 aliphatic rings. The van der Waals surface area contributed by atoms with E-state index in [1.165, 1.54) is 10.8 Å². The second-order valence-electron chi connectivity index (χ2n) is 5.61. The first kappa shape index (κ1) is 13.0. The van der Waals surface area contributed by atoms with Crippen molar-refractivity contribution in [2.75, 3.05) is 0 Å². The van der Waals surface area contributed by atoms with Gasteiger partial charge in [0.15, 0.2) is 0 Å². The van der Waals surface area contributed by atoms with Crippen molar-refractivity contribution < 1.29 is 8.83 Å². The molecule has 110 valence electrons. The van der Waals surface area contributed by atoms with Crippen molar-refractivity contribution in [3.05, 3.63) is 71.4 Å². The third-order valence-corrected chi connectivity index (χ3v) is 5.00. The molecule has 5 aromatic rings. The quantitative estimate of drug-likeness (QED) is 0.329. The van der Waals surface area contributed by atoms with Gasteiger partial charge in [0, 0.05) is 16.3 Å². The lowest BCUT2D eigenvalue weighted by Crippen LogP contribution is -1.74. The van der Waals surface area contributed by atoms with E-state index in [2.05, 4.69) is 46.3 Å². The van der Waals surface area contributed by atoms with Gasteiger partial charge in [0.25, 0.3) is 0 Å². The molecule has 3 heteroatoms. The van der Waals surface area contributed by atoms with Crippen LogP contribution in [0.4, 0.5) is 0 Å². The first-order chi connectivity index (χ1) is 11.3. The molecule has 2 aromatic heterocycles. The summed E-state index contributed by atoms with van der Waals surface area (Å²) in [5.41, 5.74) is 2.74. The van der Waals surface area contributed by atoms with Crippen LogP contribution in [0.2, 0.25) is 0 Å². The Morgan fingerprint density at radius 3 is 2.43 bits per heavy atom. The van der Waals surface area contributed by atoms with Gasteiger partial charge >= 0.3 is 0 Å². The summed E-state index contributed by atoms with van der Waals surface area (Å²) in [4.78, 5) is 0. The summed E-state index contributed by atoms with van der Waals surface area (Å²) in [6.07, 6.45) is 1.70. The number of hydrogen-bond acceptors (Lipinski definition) is 2. The van der Waals surface area contributed by atoms with Gasteiger partial charge in [-0.1, -0.05) is 36.4 Å². The average Bonchev–Trinajstić information content (AvgIpc) is 3.17. The van der Waals surface area contributed by atoms with Crippen LogP contribution in [0.5, 0.6) is 0 Å². The van der Waals surface area contributed by atoms with Gasteiger partial charge in [0.2, 0.25) is 0 Å². The monoisotopic (exact) mass is 362 g/mol. The Morgan fingerprint density at radius 1 is 0.739 bits per heavy atom. The number of furan rings is 2. The summed E-state index contributed by atoms with van der Waals surface area (Å²) in [6.45, 7) is 0. The number of hydrogen-bond donors (Lipinski definition) is 0. The molecular formula is C20H11BrO2. The van der Waals surface area contributed by atoms with Gasteiger partial charge < -0.3 is 8.83 Å². The van der Waals surface area contributed by atoms with Crippen molar-refractivity contribution in [1.29, 1.82) is 0 Å². The average molecular weight is 363 g/mol. The summed E-state index contributed by atoms with van der Waals surface area (Å²) < 4.78 is 12.6. The Morgan fingerprint density at radius 2 is 1.57 bits per heavy atom. The maximum atomic E-state index is 6.13. The number of benzene rings is 3. The molecule has 0 amide bonds. The minimum Gasteiger partial charge on any atom is -0.464 e. The third-order valence-electron chi connectivity index (χ3n) is 4.21. The summed E-state index contributed by atoms with van der Waals surface area (Å²) in [7, 11) is 0. The van der Waals surface area contributed by atoms with E-state index in [-0.39, 0.29) is 0 Å². The maximum Gasteiger partial charge on any atom is 0.149 e. The molecule has 0 bridgehead atoms. The first-order valence-electron chi connectivity index (χ1n) is 7.38. The van der Waals surface area contributed by atoms with E-state index < -0.39 is 0 Å². The Hall–Kier alpha value is -2.52. The molecule has 0 saturated heterocycles. The minimum atomic E-state index is 0.827. The van der Waals surface area contributed by atoms with Gasteiger partial charge in [-0.15, -0.1) is 0 Å². The Bertz CT molecular complexity index is 1180. The summed E-state index contributed by atoms with van der Waals surface area (Å²) in [5, 5.41) is 4.55. The van der Waals surface area contributed by atoms with Crippen LogP contribution in [-0.2, 0) is 0 Å². The molecule has 0 N–H and O–H groups in total. The molecule has 3 aromatic carbocycles. The lowest BCUT2D eigenvalue weighted by Gasteiger charge is -1.97. The predicted molar refractivity (Wildman–Crippen MR) is 96.6 cm³/mol. The van der Waals surface area contributed by atoms with Crippen LogP contribution in [-0.4, -0.2) is 0 Å². The zero-order valence-electron chi connectivity index (χ0n) is 12.0. The molecule has 0 spiro atoms. The maximum absolute atomic E-state index is 6.13. The molecule has 2 nitrogen and oxygen atoms in total. The van der Waals surface area contributed by atoms with Crippen molar-refractivity contribution in [1.82, 2.24) is 0 Å². The Kier molecular flexibility index (Phi) is 2.67. The van der Waals surface area contributed by atoms with Gasteiger partial charge in [-0.2, -0.15) is 0 Å². The second kappa shape index (κ2) is 4.74. The van der Waals surface area contributed by atoms with Crippen LogP contribution in [0, 0.1) is 0 Å². The molecule has 5 rings (SSSR count). The zero-order chi connectivity index (χ0) is 15.4. The molecule has 0 fully saturated rings. The first-order valence-corrected chi connectivity index (χ1v) is 8.17. The van der Waals surface area contributed by atoms with Gasteiger partial charge in [0.1, 0.15) is 16.9 Å². The van der Waals surface area contributed by atoms with Crippen LogP contribution in [0.25, 0.3) is 44.0 Å². The van der Waals surface area contributed by atoms with Gasteiger partial charge in [-0.05, 0) is 51.0 Å². The van der Waals surface area contributed by atoms with Crippen LogP contribution >= 0.6 is 15.9 Å². The van der Waals surface area contributed by atoms with Crippen molar-refractivity contribution in [2.45, 2.75) is 0 Å². The van der Waals surface area contributed by atoms with E-state index in [9.17, 15) is 0 Å². The number of fused-ring (bicyclic) bond motifs is 3. The van der Waals surface area contributed by atoms with E-state index in [1.54, 1.807) is 6.26 Å². The third kappa shape index (κ3) is 1.93. The van der Waals surface area contributed by atoms with Gasteiger partial charge in [-0.25, -0.2) is 0 Å². The SMILES string of the molecule is Brc1c(-c2ccc3ccoc3c2)oc2cc3ccccc3cc12. The molecule has 23 heavy (non-hydrogen) atoms. The molecule has 0 radical (unpaired) electrons. The standard InChI is InChI=1S/C20H11BrO2/c21-19-16-9-13-3-1-2-4-14(13)10-18(16)23-20(19)15-6-5-12-7-8-22-17(12)11-15/h1-11H. The topological polar surface area (TPSA) is 26.3 Å². The number of halogens is 1. The minimum absolute atomic E-state index is 0.827. The Balaban J connectivity index is 1.80. The lowest BCUT2D eigenvalue weighted by molar-refractivity contribution is 0.614. The lowest BCUT2D eigenvalue weighted by atomic mass is 10.1. The highest BCUT2D eigenvalue weighted by atomic mass is 79.9. The van der Waals surface area contributed by atoms with E-state index in [4.69, 9.17) is 8.83 Å². The van der Waals surface area contributed by atoms with Crippen LogP contribution in [0.15, 0.2) is 80.2 Å². The number of rotatable bonds is 1. The normalized spacial score (nSPS) is 11.7. The zero-order valence-corrected chi connectivity index (χ0v) is 13.6. The molecule has 2 heterocycles. The van der Waals surface area contributed by atoms with E-state index in [0.29, 0.717) is 0 Å². The van der Waals surface area contributed by atoms with Gasteiger partial charge in [0.05, 0.1) is 10.7 Å². The predicted octanol–water partition coefficient (Wildman–Crippen LogP) is 6.76. The second-order valence-corrected chi connectivity index (χ2v) is 6.41. The molecule has 0 aliphatic carbocycles. The fraction of sp³-hybridized carbons (Fsp3) is 0. The molecule has 0 aliphatic heterocycles. The molecule has 0 unspecified atom stereocenters. The largest absolute Gasteiger partial charge is 0.464 e. The molecular weight excluding hydrogens is 352 g/mol. The van der Waals surface area contributed by atoms with Crippen LogP contribution in [0.1, 0.15) is 0 Å². The summed E-state index contributed by atoms with van der Waals surface area (Å²) >= 11 is 3.70. The summed E-state index contributed by atoms with van der Waals surface area (Å²) in [5.74, 6) is 0.827. The smallest absolute Gasteiger partial charge is 0.149 e. The Labute approximate surface area is 140 Å². The molecule has 0 saturated carbocycles. The van der Waals surface area contributed by atoms with E-state index in [0.717, 1.165) is 37.7 Å². The van der Waals surface area contributed by atoms with Crippen LogP contribution in [0.3, 0.4) is 0 Å². The van der Waals surface area contributed by atoms with E-state index >= 15 is 0 Å². The molecule has 0 atom stereocenters. The van der Waals surface area contributed by atoms with Crippen molar-refractivity contribution in [3.63, 3.8) is 0 Å². The highest BCUT2D eigenvalue weighted by Crippen LogP contribution is 2.40. The van der Waals surface area contributed by atoms with Crippen molar-refractivity contribution >= 4 is 48.6 Å². The van der Waals surface area contributed by atoms with Crippen molar-refractivity contribution in [3.8, 4) is 11.3 Å². The summed E-state index contributed by atoms with van der Waals surface area (Å²) in [6, 6.07) is 20.6. The van der Waals surface area contributed by atoms with E-state index in [1.807, 2.05) is 30.3 Å². The highest BCUT2D eigenvalue weighted by molar-refractivity contribution is 9.10. The van der Waals surface area contributed by atoms with Gasteiger partial charge in [-0.3, -0.25) is 0 Å². The fourth-order valence-corrected chi connectivity index (χ4v) is 3.65. The van der Waals surface area contributed by atoms with Crippen LogP contribution < -0.4 is 0 Å². The highest BCUT2D eigenvalue weighted by Gasteiger charge is 2.15. The fourth-order valence-electron chi connectivity index (χ4n) is 3.03.